The Labute approximate surface area is 171 Å². The van der Waals surface area contributed by atoms with Gasteiger partial charge in [0.1, 0.15) is 10.6 Å². The van der Waals surface area contributed by atoms with Crippen LogP contribution >= 0.6 is 11.8 Å². The van der Waals surface area contributed by atoms with Gasteiger partial charge in [0.25, 0.3) is 17.4 Å². The molecular weight excluding hydrogens is 388 g/mol. The van der Waals surface area contributed by atoms with Crippen molar-refractivity contribution in [1.29, 1.82) is 0 Å². The number of aryl methyl sites for hydroxylation is 2. The van der Waals surface area contributed by atoms with Crippen molar-refractivity contribution >= 4 is 35.0 Å². The molecule has 0 fully saturated rings. The van der Waals surface area contributed by atoms with Gasteiger partial charge >= 0.3 is 0 Å². The number of pyridine rings is 2. The molecule has 0 saturated carbocycles. The summed E-state index contributed by atoms with van der Waals surface area (Å²) >= 11 is 1.38. The first-order chi connectivity index (χ1) is 13.8. The average molecular weight is 406 g/mol. The summed E-state index contributed by atoms with van der Waals surface area (Å²) in [4.78, 5) is 43.0. The zero-order valence-corrected chi connectivity index (χ0v) is 16.9. The molecule has 0 radical (unpaired) electrons. The lowest BCUT2D eigenvalue weighted by atomic mass is 10.1. The van der Waals surface area contributed by atoms with Crippen LogP contribution in [0.25, 0.3) is 0 Å². The Morgan fingerprint density at radius 3 is 2.76 bits per heavy atom. The van der Waals surface area contributed by atoms with E-state index in [2.05, 4.69) is 15.6 Å². The first kappa shape index (κ1) is 18.9. The van der Waals surface area contributed by atoms with E-state index < -0.39 is 5.91 Å². The number of hydrogen-bond acceptors (Lipinski definition) is 5. The number of aromatic nitrogens is 2. The second-order valence-electron chi connectivity index (χ2n) is 6.79. The van der Waals surface area contributed by atoms with Crippen molar-refractivity contribution in [2.24, 2.45) is 7.05 Å². The lowest BCUT2D eigenvalue weighted by molar-refractivity contribution is 0.101. The van der Waals surface area contributed by atoms with Gasteiger partial charge in [-0.2, -0.15) is 0 Å². The Bertz CT molecular complexity index is 1230. The Hall–Kier alpha value is -3.39. The van der Waals surface area contributed by atoms with Gasteiger partial charge < -0.3 is 15.2 Å². The van der Waals surface area contributed by atoms with Crippen molar-refractivity contribution in [1.82, 2.24) is 9.55 Å². The van der Waals surface area contributed by atoms with Crippen LogP contribution < -0.4 is 16.2 Å². The molecule has 0 atom stereocenters. The van der Waals surface area contributed by atoms with E-state index >= 15 is 0 Å². The fourth-order valence-corrected chi connectivity index (χ4v) is 4.13. The number of nitrogens with one attached hydrogen (secondary N) is 2. The standard InChI is InChI=1S/C21H18N4O3S/c1-11-9-12(2)25(3)21(28)17(11)19(27)23-13-6-7-16-14(10-13)18(26)24-15-5-4-8-22-20(15)29-16/h4-10H,1-3H3,(H,23,27)(H,24,26). The predicted molar refractivity (Wildman–Crippen MR) is 112 cm³/mol. The Balaban J connectivity index is 1.67. The number of hydrogen-bond donors (Lipinski definition) is 2. The fourth-order valence-electron chi connectivity index (χ4n) is 3.18. The van der Waals surface area contributed by atoms with Crippen molar-refractivity contribution in [3.05, 3.63) is 75.3 Å². The van der Waals surface area contributed by atoms with Crippen LogP contribution in [0, 0.1) is 13.8 Å². The molecule has 2 N–H and O–H groups in total. The third kappa shape index (κ3) is 3.42. The summed E-state index contributed by atoms with van der Waals surface area (Å²) in [6, 6.07) is 10.4. The minimum absolute atomic E-state index is 0.0866. The van der Waals surface area contributed by atoms with Crippen LogP contribution in [-0.2, 0) is 7.05 Å². The summed E-state index contributed by atoms with van der Waals surface area (Å²) in [5.74, 6) is -0.785. The molecule has 7 nitrogen and oxygen atoms in total. The molecule has 1 aromatic carbocycles. The normalized spacial score (nSPS) is 12.4. The van der Waals surface area contributed by atoms with Crippen LogP contribution in [0.4, 0.5) is 11.4 Å². The van der Waals surface area contributed by atoms with E-state index in [0.717, 1.165) is 10.6 Å². The van der Waals surface area contributed by atoms with E-state index in [-0.39, 0.29) is 17.0 Å². The summed E-state index contributed by atoms with van der Waals surface area (Å²) in [6.07, 6.45) is 1.67. The van der Waals surface area contributed by atoms with Crippen LogP contribution in [0.15, 0.2) is 57.3 Å². The highest BCUT2D eigenvalue weighted by molar-refractivity contribution is 7.99. The fraction of sp³-hybridized carbons (Fsp3) is 0.143. The maximum atomic E-state index is 12.8. The first-order valence-electron chi connectivity index (χ1n) is 8.92. The minimum Gasteiger partial charge on any atom is -0.322 e. The molecule has 0 bridgehead atoms. The van der Waals surface area contributed by atoms with E-state index in [0.29, 0.717) is 27.5 Å². The Morgan fingerprint density at radius 1 is 1.17 bits per heavy atom. The molecule has 146 valence electrons. The highest BCUT2D eigenvalue weighted by Crippen LogP contribution is 2.38. The number of benzene rings is 1. The van der Waals surface area contributed by atoms with Gasteiger partial charge in [-0.05, 0) is 55.8 Å². The summed E-state index contributed by atoms with van der Waals surface area (Å²) in [5, 5.41) is 6.28. The van der Waals surface area contributed by atoms with Gasteiger partial charge in [0.15, 0.2) is 0 Å². The first-order valence-corrected chi connectivity index (χ1v) is 9.73. The molecule has 0 spiro atoms. The molecule has 8 heteroatoms. The zero-order chi connectivity index (χ0) is 20.7. The topological polar surface area (TPSA) is 93.1 Å². The molecule has 2 aromatic heterocycles. The van der Waals surface area contributed by atoms with E-state index in [1.807, 2.05) is 6.92 Å². The number of nitrogens with zero attached hydrogens (tertiary/aromatic N) is 2. The summed E-state index contributed by atoms with van der Waals surface area (Å²) < 4.78 is 1.44. The number of carbonyl (C=O) groups is 2. The number of carbonyl (C=O) groups excluding carboxylic acids is 2. The number of anilines is 2. The van der Waals surface area contributed by atoms with Crippen LogP contribution in [0.5, 0.6) is 0 Å². The molecule has 1 aliphatic heterocycles. The molecule has 0 aliphatic carbocycles. The summed E-state index contributed by atoms with van der Waals surface area (Å²) in [5.41, 5.74) is 2.62. The van der Waals surface area contributed by atoms with Gasteiger partial charge in [0.05, 0.1) is 11.3 Å². The molecule has 29 heavy (non-hydrogen) atoms. The van der Waals surface area contributed by atoms with E-state index in [9.17, 15) is 14.4 Å². The van der Waals surface area contributed by atoms with Gasteiger partial charge in [0, 0.05) is 29.5 Å². The van der Waals surface area contributed by atoms with Crippen LogP contribution in [0.3, 0.4) is 0 Å². The van der Waals surface area contributed by atoms with Crippen LogP contribution in [0.2, 0.25) is 0 Å². The Kier molecular flexibility index (Phi) is 4.71. The molecular formula is C21H18N4O3S. The van der Waals surface area contributed by atoms with Crippen molar-refractivity contribution < 1.29 is 9.59 Å². The summed E-state index contributed by atoms with van der Waals surface area (Å²) in [6.45, 7) is 3.54. The minimum atomic E-state index is -0.505. The second-order valence-corrected chi connectivity index (χ2v) is 7.82. The van der Waals surface area contributed by atoms with Crippen LogP contribution in [0.1, 0.15) is 32.0 Å². The van der Waals surface area contributed by atoms with Crippen molar-refractivity contribution in [2.75, 3.05) is 10.6 Å². The van der Waals surface area contributed by atoms with Gasteiger partial charge in [-0.25, -0.2) is 4.98 Å². The molecule has 0 saturated heterocycles. The average Bonchev–Trinajstić information content (AvgIpc) is 2.82. The Morgan fingerprint density at radius 2 is 1.97 bits per heavy atom. The smallest absolute Gasteiger partial charge is 0.263 e. The molecule has 1 aliphatic rings. The zero-order valence-electron chi connectivity index (χ0n) is 16.1. The lowest BCUT2D eigenvalue weighted by Gasteiger charge is -2.12. The van der Waals surface area contributed by atoms with E-state index in [1.54, 1.807) is 56.6 Å². The monoisotopic (exact) mass is 406 g/mol. The number of amides is 2. The highest BCUT2D eigenvalue weighted by atomic mass is 32.2. The maximum absolute atomic E-state index is 12.8. The molecule has 4 rings (SSSR count). The molecule has 0 unspecified atom stereocenters. The maximum Gasteiger partial charge on any atom is 0.263 e. The van der Waals surface area contributed by atoms with Gasteiger partial charge in [-0.15, -0.1) is 0 Å². The van der Waals surface area contributed by atoms with Crippen molar-refractivity contribution in [3.63, 3.8) is 0 Å². The number of rotatable bonds is 2. The second kappa shape index (κ2) is 7.21. The molecule has 2 amide bonds. The van der Waals surface area contributed by atoms with Crippen LogP contribution in [-0.4, -0.2) is 21.4 Å². The molecule has 3 heterocycles. The number of fused-ring (bicyclic) bond motifs is 2. The quantitative estimate of drug-likeness (QED) is 0.681. The van der Waals surface area contributed by atoms with Crippen molar-refractivity contribution in [2.45, 2.75) is 23.8 Å². The third-order valence-electron chi connectivity index (χ3n) is 4.80. The predicted octanol–water partition coefficient (Wildman–Crippen LogP) is 3.37. The van der Waals surface area contributed by atoms with Gasteiger partial charge in [0.2, 0.25) is 0 Å². The highest BCUT2D eigenvalue weighted by Gasteiger charge is 2.22. The van der Waals surface area contributed by atoms with Gasteiger partial charge in [-0.3, -0.25) is 14.4 Å². The van der Waals surface area contributed by atoms with Gasteiger partial charge in [-0.1, -0.05) is 11.8 Å². The van der Waals surface area contributed by atoms with Crippen molar-refractivity contribution in [3.8, 4) is 0 Å². The van der Waals surface area contributed by atoms with E-state index in [1.165, 1.54) is 16.3 Å². The summed E-state index contributed by atoms with van der Waals surface area (Å²) in [7, 11) is 1.63. The largest absolute Gasteiger partial charge is 0.322 e. The SMILES string of the molecule is Cc1cc(C)n(C)c(=O)c1C(=O)Nc1ccc2c(c1)C(=O)Nc1cccnc1S2. The third-order valence-corrected chi connectivity index (χ3v) is 5.90. The lowest BCUT2D eigenvalue weighted by Crippen LogP contribution is -2.30. The molecule has 3 aromatic rings. The van der Waals surface area contributed by atoms with E-state index in [4.69, 9.17) is 0 Å².